The molecule has 1 aliphatic heterocycles. The van der Waals surface area contributed by atoms with Gasteiger partial charge in [-0.25, -0.2) is 0 Å². The summed E-state index contributed by atoms with van der Waals surface area (Å²) in [7, 11) is 0. The van der Waals surface area contributed by atoms with Crippen LogP contribution in [0, 0.1) is 12.3 Å². The van der Waals surface area contributed by atoms with Gasteiger partial charge >= 0.3 is 23.9 Å². The molecule has 1 fully saturated rings. The van der Waals surface area contributed by atoms with E-state index in [-0.39, 0.29) is 33.0 Å². The summed E-state index contributed by atoms with van der Waals surface area (Å²) < 4.78 is 48.3. The van der Waals surface area contributed by atoms with Crippen LogP contribution in [-0.2, 0) is 61.8 Å². The predicted molar refractivity (Wildman–Crippen MR) is 119 cm³/mol. The van der Waals surface area contributed by atoms with Crippen molar-refractivity contribution in [3.8, 4) is 12.3 Å². The summed E-state index contributed by atoms with van der Waals surface area (Å²) in [4.78, 5) is 46.6. The molecule has 1 rings (SSSR count). The van der Waals surface area contributed by atoms with E-state index in [0.717, 1.165) is 20.8 Å². The van der Waals surface area contributed by atoms with Crippen molar-refractivity contribution >= 4 is 23.9 Å². The van der Waals surface area contributed by atoms with Gasteiger partial charge < -0.3 is 42.6 Å². The Labute approximate surface area is 209 Å². The van der Waals surface area contributed by atoms with E-state index in [1.807, 2.05) is 0 Å². The third-order valence-corrected chi connectivity index (χ3v) is 4.39. The molecule has 0 amide bonds. The van der Waals surface area contributed by atoms with Crippen LogP contribution in [0.5, 0.6) is 0 Å². The molecule has 1 heterocycles. The normalized spacial score (nSPS) is 23.2. The van der Waals surface area contributed by atoms with Crippen molar-refractivity contribution < 1.29 is 61.8 Å². The number of esters is 4. The summed E-state index contributed by atoms with van der Waals surface area (Å²) in [5.74, 6) is -0.418. The minimum Gasteiger partial charge on any atom is -0.463 e. The van der Waals surface area contributed by atoms with Gasteiger partial charge in [-0.1, -0.05) is 5.92 Å². The highest BCUT2D eigenvalue weighted by Crippen LogP contribution is 2.29. The predicted octanol–water partition coefficient (Wildman–Crippen LogP) is -0.231. The summed E-state index contributed by atoms with van der Waals surface area (Å²) in [6.45, 7) is 5.96. The maximum absolute atomic E-state index is 11.8. The Morgan fingerprint density at radius 2 is 1.19 bits per heavy atom. The van der Waals surface area contributed by atoms with Crippen LogP contribution in [0.4, 0.5) is 0 Å². The Morgan fingerprint density at radius 1 is 0.694 bits per heavy atom. The van der Waals surface area contributed by atoms with Crippen LogP contribution >= 0.6 is 0 Å². The number of carbonyl (C=O) groups is 4. The Balaban J connectivity index is 2.77. The van der Waals surface area contributed by atoms with Crippen LogP contribution in [0.1, 0.15) is 27.7 Å². The molecule has 0 aromatic heterocycles. The monoisotopic (exact) mass is 518 g/mol. The van der Waals surface area contributed by atoms with Crippen LogP contribution in [0.2, 0.25) is 0 Å². The molecule has 0 saturated carbocycles. The first-order valence-corrected chi connectivity index (χ1v) is 11.2. The minimum absolute atomic E-state index is 0.000971. The van der Waals surface area contributed by atoms with E-state index in [1.54, 1.807) is 0 Å². The lowest BCUT2D eigenvalue weighted by Crippen LogP contribution is -2.63. The Morgan fingerprint density at radius 3 is 1.72 bits per heavy atom. The lowest BCUT2D eigenvalue weighted by molar-refractivity contribution is -0.309. The van der Waals surface area contributed by atoms with E-state index in [2.05, 4.69) is 5.92 Å². The molecule has 0 aromatic rings. The van der Waals surface area contributed by atoms with Gasteiger partial charge in [-0.15, -0.1) is 6.42 Å². The standard InChI is InChI=1S/C23H34O13/c1-6-7-28-8-9-29-10-11-30-12-13-31-23-22(35-18(5)27)21(34-17(4)26)20(33-16(3)25)19(36-23)14-32-15(2)24/h1,19-23H,7-14H2,2-5H3/t19-,20-,21+,22-,23-/m1/s1. The molecule has 0 N–H and O–H groups in total. The number of ether oxygens (including phenoxy) is 9. The third-order valence-electron chi connectivity index (χ3n) is 4.39. The zero-order valence-electron chi connectivity index (χ0n) is 20.9. The van der Waals surface area contributed by atoms with Gasteiger partial charge in [0, 0.05) is 27.7 Å². The van der Waals surface area contributed by atoms with Crippen molar-refractivity contribution in [3.05, 3.63) is 0 Å². The van der Waals surface area contributed by atoms with Gasteiger partial charge in [0.15, 0.2) is 24.6 Å². The average molecular weight is 519 g/mol. The summed E-state index contributed by atoms with van der Waals surface area (Å²) in [6.07, 6.45) is -1.08. The summed E-state index contributed by atoms with van der Waals surface area (Å²) >= 11 is 0. The summed E-state index contributed by atoms with van der Waals surface area (Å²) in [5, 5.41) is 0. The molecule has 0 aliphatic carbocycles. The topological polar surface area (TPSA) is 151 Å². The highest BCUT2D eigenvalue weighted by atomic mass is 16.7. The first-order chi connectivity index (χ1) is 17.1. The lowest BCUT2D eigenvalue weighted by atomic mass is 9.98. The number of carbonyl (C=O) groups excluding carboxylic acids is 4. The molecule has 0 spiro atoms. The first-order valence-electron chi connectivity index (χ1n) is 11.2. The van der Waals surface area contributed by atoms with E-state index >= 15 is 0 Å². The van der Waals surface area contributed by atoms with E-state index in [9.17, 15) is 19.2 Å². The van der Waals surface area contributed by atoms with Crippen LogP contribution < -0.4 is 0 Å². The van der Waals surface area contributed by atoms with Gasteiger partial charge in [0.1, 0.15) is 19.3 Å². The molecule has 0 radical (unpaired) electrons. The van der Waals surface area contributed by atoms with Gasteiger partial charge in [-0.2, -0.15) is 0 Å². The number of terminal acetylenes is 1. The average Bonchev–Trinajstić information content (AvgIpc) is 2.78. The summed E-state index contributed by atoms with van der Waals surface area (Å²) in [6, 6.07) is 0. The number of hydrogen-bond acceptors (Lipinski definition) is 13. The van der Waals surface area contributed by atoms with Gasteiger partial charge in [0.25, 0.3) is 0 Å². The molecule has 13 nitrogen and oxygen atoms in total. The third kappa shape index (κ3) is 12.8. The van der Waals surface area contributed by atoms with Gasteiger partial charge in [0.05, 0.1) is 39.6 Å². The second-order valence-corrected chi connectivity index (χ2v) is 7.42. The molecule has 0 bridgehead atoms. The Bertz CT molecular complexity index is 747. The van der Waals surface area contributed by atoms with E-state index < -0.39 is 54.6 Å². The van der Waals surface area contributed by atoms with Crippen LogP contribution in [0.15, 0.2) is 0 Å². The molecule has 1 saturated heterocycles. The smallest absolute Gasteiger partial charge is 0.303 e. The molecular weight excluding hydrogens is 484 g/mol. The minimum atomic E-state index is -1.29. The molecular formula is C23H34O13. The largest absolute Gasteiger partial charge is 0.463 e. The Kier molecular flexibility index (Phi) is 15.3. The van der Waals surface area contributed by atoms with Crippen LogP contribution in [0.3, 0.4) is 0 Å². The molecule has 13 heteroatoms. The Hall–Kier alpha value is -2.76. The van der Waals surface area contributed by atoms with Crippen molar-refractivity contribution in [1.82, 2.24) is 0 Å². The maximum Gasteiger partial charge on any atom is 0.303 e. The van der Waals surface area contributed by atoms with E-state index in [0.29, 0.717) is 19.8 Å². The van der Waals surface area contributed by atoms with Crippen molar-refractivity contribution in [3.63, 3.8) is 0 Å². The molecule has 204 valence electrons. The van der Waals surface area contributed by atoms with Crippen molar-refractivity contribution in [2.45, 2.75) is 58.4 Å². The van der Waals surface area contributed by atoms with Crippen LogP contribution in [0.25, 0.3) is 0 Å². The second-order valence-electron chi connectivity index (χ2n) is 7.42. The highest BCUT2D eigenvalue weighted by molar-refractivity contribution is 5.68. The van der Waals surface area contributed by atoms with Crippen molar-refractivity contribution in [1.29, 1.82) is 0 Å². The molecule has 1 aliphatic rings. The van der Waals surface area contributed by atoms with Gasteiger partial charge in [-0.3, -0.25) is 19.2 Å². The van der Waals surface area contributed by atoms with Crippen molar-refractivity contribution in [2.24, 2.45) is 0 Å². The number of rotatable bonds is 16. The van der Waals surface area contributed by atoms with E-state index in [1.165, 1.54) is 6.92 Å². The first kappa shape index (κ1) is 31.3. The zero-order valence-corrected chi connectivity index (χ0v) is 20.9. The SMILES string of the molecule is C#CCOCCOCCOCCO[C@@H]1O[C@H](COC(C)=O)[C@@H](OC(C)=O)[C@H](OC(C)=O)[C@H]1OC(C)=O. The fourth-order valence-corrected chi connectivity index (χ4v) is 3.12. The van der Waals surface area contributed by atoms with Gasteiger partial charge in [-0.05, 0) is 0 Å². The maximum atomic E-state index is 11.8. The lowest BCUT2D eigenvalue weighted by Gasteiger charge is -2.44. The van der Waals surface area contributed by atoms with Gasteiger partial charge in [0.2, 0.25) is 0 Å². The summed E-state index contributed by atoms with van der Waals surface area (Å²) in [5.41, 5.74) is 0. The van der Waals surface area contributed by atoms with Crippen LogP contribution in [-0.4, -0.2) is 107 Å². The quantitative estimate of drug-likeness (QED) is 0.115. The van der Waals surface area contributed by atoms with E-state index in [4.69, 9.17) is 49.1 Å². The second kappa shape index (κ2) is 17.6. The number of hydrogen-bond donors (Lipinski definition) is 0. The molecule has 5 atom stereocenters. The molecule has 36 heavy (non-hydrogen) atoms. The van der Waals surface area contributed by atoms with Crippen molar-refractivity contribution in [2.75, 3.05) is 52.9 Å². The fraction of sp³-hybridized carbons (Fsp3) is 0.739. The molecule has 0 unspecified atom stereocenters. The highest BCUT2D eigenvalue weighted by Gasteiger charge is 2.52. The molecule has 0 aromatic carbocycles. The fourth-order valence-electron chi connectivity index (χ4n) is 3.12. The zero-order chi connectivity index (χ0) is 26.9.